The average Bonchev–Trinajstić information content (AvgIpc) is 2.85. The Bertz CT molecular complexity index is 629. The molecule has 2 aromatic rings. The van der Waals surface area contributed by atoms with Crippen molar-refractivity contribution in [2.75, 3.05) is 5.32 Å². The van der Waals surface area contributed by atoms with Gasteiger partial charge in [0.1, 0.15) is 0 Å². The van der Waals surface area contributed by atoms with Crippen molar-refractivity contribution in [2.45, 2.75) is 13.8 Å². The van der Waals surface area contributed by atoms with Gasteiger partial charge in [-0.2, -0.15) is 0 Å². The number of benzene rings is 1. The first-order chi connectivity index (χ1) is 9.13. The first-order valence-corrected chi connectivity index (χ1v) is 5.77. The average molecular weight is 258 g/mol. The summed E-state index contributed by atoms with van der Waals surface area (Å²) in [5.74, 6) is -0.0610. The molecule has 0 aliphatic carbocycles. The predicted molar refractivity (Wildman–Crippen MR) is 71.8 cm³/mol. The molecule has 2 N–H and O–H groups in total. The van der Waals surface area contributed by atoms with Crippen LogP contribution in [0.1, 0.15) is 28.6 Å². The SMILES string of the molecule is C/C(=N\O)c1ccccc1NC(=O)c1occc1C. The summed E-state index contributed by atoms with van der Waals surface area (Å²) in [6.07, 6.45) is 1.47. The summed E-state index contributed by atoms with van der Waals surface area (Å²) in [5.41, 5.74) is 2.41. The number of nitrogens with zero attached hydrogens (tertiary/aromatic N) is 1. The van der Waals surface area contributed by atoms with Crippen molar-refractivity contribution in [1.82, 2.24) is 0 Å². The van der Waals surface area contributed by atoms with Gasteiger partial charge in [-0.1, -0.05) is 23.4 Å². The van der Waals surface area contributed by atoms with Gasteiger partial charge < -0.3 is 14.9 Å². The van der Waals surface area contributed by atoms with E-state index in [1.807, 2.05) is 0 Å². The van der Waals surface area contributed by atoms with Crippen LogP contribution in [-0.2, 0) is 0 Å². The Hall–Kier alpha value is -2.56. The zero-order valence-corrected chi connectivity index (χ0v) is 10.7. The van der Waals surface area contributed by atoms with Crippen LogP contribution >= 0.6 is 0 Å². The second-order valence-corrected chi connectivity index (χ2v) is 4.12. The summed E-state index contributed by atoms with van der Waals surface area (Å²) in [5, 5.41) is 14.7. The van der Waals surface area contributed by atoms with Crippen LogP contribution in [0, 0.1) is 6.92 Å². The van der Waals surface area contributed by atoms with E-state index in [-0.39, 0.29) is 11.7 Å². The van der Waals surface area contributed by atoms with E-state index in [1.54, 1.807) is 44.2 Å². The number of hydrogen-bond acceptors (Lipinski definition) is 4. The van der Waals surface area contributed by atoms with E-state index in [0.29, 0.717) is 17.0 Å². The third-order valence-electron chi connectivity index (χ3n) is 2.78. The number of hydrogen-bond donors (Lipinski definition) is 2. The molecule has 0 unspecified atom stereocenters. The van der Waals surface area contributed by atoms with Crippen LogP contribution in [0.4, 0.5) is 5.69 Å². The van der Waals surface area contributed by atoms with Crippen LogP contribution in [0.5, 0.6) is 0 Å². The molecule has 2 rings (SSSR count). The van der Waals surface area contributed by atoms with Crippen molar-refractivity contribution in [2.24, 2.45) is 5.16 Å². The predicted octanol–water partition coefficient (Wildman–Crippen LogP) is 3.04. The number of amides is 1. The van der Waals surface area contributed by atoms with Crippen molar-refractivity contribution < 1.29 is 14.4 Å². The fraction of sp³-hybridized carbons (Fsp3) is 0.143. The van der Waals surface area contributed by atoms with E-state index in [9.17, 15) is 4.79 Å². The monoisotopic (exact) mass is 258 g/mol. The molecule has 98 valence electrons. The molecule has 0 radical (unpaired) electrons. The maximum atomic E-state index is 12.1. The summed E-state index contributed by atoms with van der Waals surface area (Å²) in [4.78, 5) is 12.1. The number of furan rings is 1. The number of nitrogens with one attached hydrogen (secondary N) is 1. The van der Waals surface area contributed by atoms with Crippen molar-refractivity contribution in [3.8, 4) is 0 Å². The molecular formula is C14H14N2O3. The van der Waals surface area contributed by atoms with Crippen LogP contribution in [-0.4, -0.2) is 16.8 Å². The van der Waals surface area contributed by atoms with Gasteiger partial charge in [-0.25, -0.2) is 0 Å². The Morgan fingerprint density at radius 3 is 2.68 bits per heavy atom. The Labute approximate surface area is 110 Å². The normalized spacial score (nSPS) is 11.4. The molecule has 5 nitrogen and oxygen atoms in total. The molecular weight excluding hydrogens is 244 g/mol. The Morgan fingerprint density at radius 2 is 2.05 bits per heavy atom. The summed E-state index contributed by atoms with van der Waals surface area (Å²) in [7, 11) is 0. The van der Waals surface area contributed by atoms with Crippen molar-refractivity contribution >= 4 is 17.3 Å². The summed E-state index contributed by atoms with van der Waals surface area (Å²) in [6.45, 7) is 3.45. The number of carbonyl (C=O) groups excluding carboxylic acids is 1. The van der Waals surface area contributed by atoms with Gasteiger partial charge in [0, 0.05) is 11.1 Å². The lowest BCUT2D eigenvalue weighted by Crippen LogP contribution is -2.14. The first kappa shape index (κ1) is 12.9. The minimum atomic E-state index is -0.333. The van der Waals surface area contributed by atoms with Crippen molar-refractivity contribution in [1.29, 1.82) is 0 Å². The molecule has 0 aliphatic heterocycles. The molecule has 0 saturated carbocycles. The van der Waals surface area contributed by atoms with Gasteiger partial charge in [-0.05, 0) is 26.0 Å². The lowest BCUT2D eigenvalue weighted by atomic mass is 10.1. The van der Waals surface area contributed by atoms with Crippen LogP contribution in [0.2, 0.25) is 0 Å². The van der Waals surface area contributed by atoms with Crippen LogP contribution in [0.25, 0.3) is 0 Å². The molecule has 1 aromatic heterocycles. The third kappa shape index (κ3) is 2.65. The van der Waals surface area contributed by atoms with E-state index in [0.717, 1.165) is 5.56 Å². The second-order valence-electron chi connectivity index (χ2n) is 4.12. The zero-order chi connectivity index (χ0) is 13.8. The van der Waals surface area contributed by atoms with Gasteiger partial charge >= 0.3 is 0 Å². The van der Waals surface area contributed by atoms with Gasteiger partial charge in [0.2, 0.25) is 0 Å². The highest BCUT2D eigenvalue weighted by Gasteiger charge is 2.15. The van der Waals surface area contributed by atoms with Crippen LogP contribution in [0.15, 0.2) is 46.2 Å². The topological polar surface area (TPSA) is 74.8 Å². The zero-order valence-electron chi connectivity index (χ0n) is 10.7. The molecule has 19 heavy (non-hydrogen) atoms. The fourth-order valence-corrected chi connectivity index (χ4v) is 1.75. The number of para-hydroxylation sites is 1. The highest BCUT2D eigenvalue weighted by molar-refractivity contribution is 6.09. The van der Waals surface area contributed by atoms with Gasteiger partial charge in [0.05, 0.1) is 17.7 Å². The molecule has 0 atom stereocenters. The maximum Gasteiger partial charge on any atom is 0.291 e. The van der Waals surface area contributed by atoms with Crippen molar-refractivity contribution in [3.63, 3.8) is 0 Å². The molecule has 5 heteroatoms. The first-order valence-electron chi connectivity index (χ1n) is 5.77. The van der Waals surface area contributed by atoms with E-state index >= 15 is 0 Å². The lowest BCUT2D eigenvalue weighted by molar-refractivity contribution is 0.0996. The molecule has 0 spiro atoms. The number of oxime groups is 1. The molecule has 1 aromatic carbocycles. The van der Waals surface area contributed by atoms with Crippen molar-refractivity contribution in [3.05, 3.63) is 53.5 Å². The highest BCUT2D eigenvalue weighted by Crippen LogP contribution is 2.18. The maximum absolute atomic E-state index is 12.1. The second kappa shape index (κ2) is 5.39. The Morgan fingerprint density at radius 1 is 1.32 bits per heavy atom. The lowest BCUT2D eigenvalue weighted by Gasteiger charge is -2.09. The fourth-order valence-electron chi connectivity index (χ4n) is 1.75. The van der Waals surface area contributed by atoms with E-state index < -0.39 is 0 Å². The number of anilines is 1. The Kier molecular flexibility index (Phi) is 3.66. The van der Waals surface area contributed by atoms with Gasteiger partial charge in [-0.3, -0.25) is 4.79 Å². The Balaban J connectivity index is 2.30. The summed E-state index contributed by atoms with van der Waals surface area (Å²) < 4.78 is 5.13. The van der Waals surface area contributed by atoms with E-state index in [4.69, 9.17) is 9.62 Å². The molecule has 1 amide bonds. The van der Waals surface area contributed by atoms with Crippen LogP contribution in [0.3, 0.4) is 0 Å². The number of aryl methyl sites for hydroxylation is 1. The minimum Gasteiger partial charge on any atom is -0.459 e. The van der Waals surface area contributed by atoms with E-state index in [1.165, 1.54) is 6.26 Å². The summed E-state index contributed by atoms with van der Waals surface area (Å²) in [6, 6.07) is 8.82. The molecule has 0 bridgehead atoms. The number of rotatable bonds is 3. The smallest absolute Gasteiger partial charge is 0.291 e. The van der Waals surface area contributed by atoms with Gasteiger partial charge in [0.25, 0.3) is 5.91 Å². The molecule has 0 aliphatic rings. The number of carbonyl (C=O) groups is 1. The highest BCUT2D eigenvalue weighted by atomic mass is 16.4. The van der Waals surface area contributed by atoms with E-state index in [2.05, 4.69) is 10.5 Å². The largest absolute Gasteiger partial charge is 0.459 e. The summed E-state index contributed by atoms with van der Waals surface area (Å²) >= 11 is 0. The third-order valence-corrected chi connectivity index (χ3v) is 2.78. The minimum absolute atomic E-state index is 0.272. The molecule has 0 fully saturated rings. The molecule has 1 heterocycles. The standard InChI is InChI=1S/C14H14N2O3/c1-9-7-8-19-13(9)14(17)15-12-6-4-3-5-11(12)10(2)16-18/h3-8,18H,1-2H3,(H,15,17)/b16-10+. The van der Waals surface area contributed by atoms with Gasteiger partial charge in [-0.15, -0.1) is 0 Å². The molecule has 0 saturated heterocycles. The quantitative estimate of drug-likeness (QED) is 0.504. The van der Waals surface area contributed by atoms with Crippen LogP contribution < -0.4 is 5.32 Å². The van der Waals surface area contributed by atoms with Gasteiger partial charge in [0.15, 0.2) is 5.76 Å².